The van der Waals surface area contributed by atoms with Gasteiger partial charge >= 0.3 is 0 Å². The molecule has 2 bridgehead atoms. The van der Waals surface area contributed by atoms with Crippen LogP contribution in [0.25, 0.3) is 22.3 Å². The largest absolute Gasteiger partial charge is 0.274 e. The molecule has 1 aromatic heterocycles. The van der Waals surface area contributed by atoms with Crippen molar-refractivity contribution in [3.05, 3.63) is 66.4 Å². The molecule has 3 aromatic rings. The number of aromatic nitrogens is 2. The molecule has 3 aliphatic rings. The summed E-state index contributed by atoms with van der Waals surface area (Å²) in [6, 6.07) is 13.5. The second kappa shape index (κ2) is 5.83. The van der Waals surface area contributed by atoms with Crippen LogP contribution < -0.4 is 4.90 Å². The molecular formula is C24H19N3O2. The van der Waals surface area contributed by atoms with E-state index in [1.807, 2.05) is 55.6 Å². The molecule has 5 heteroatoms. The summed E-state index contributed by atoms with van der Waals surface area (Å²) in [5, 5.41) is 1.01. The number of benzene rings is 2. The molecule has 0 radical (unpaired) electrons. The monoisotopic (exact) mass is 381 g/mol. The third kappa shape index (κ3) is 2.27. The minimum Gasteiger partial charge on any atom is -0.274 e. The summed E-state index contributed by atoms with van der Waals surface area (Å²) in [5.41, 5.74) is 3.53. The van der Waals surface area contributed by atoms with Crippen LogP contribution in [0.1, 0.15) is 12.0 Å². The molecule has 29 heavy (non-hydrogen) atoms. The lowest BCUT2D eigenvalue weighted by molar-refractivity contribution is -0.123. The first kappa shape index (κ1) is 16.6. The summed E-state index contributed by atoms with van der Waals surface area (Å²) in [7, 11) is 0. The predicted octanol–water partition coefficient (Wildman–Crippen LogP) is 3.92. The van der Waals surface area contributed by atoms with E-state index < -0.39 is 0 Å². The standard InChI is InChI=1S/C24H19N3O2/c1-13-3-2-4-17-12-25-22(26-21(13)17)14-7-9-18(10-8-14)27-23(28)19-15-5-6-16(11-15)20(19)24(27)29/h2-10,12,15-16,19-20H,11H2,1H3/t15-,16?,19+,20-/m0/s1. The SMILES string of the molecule is Cc1cccc2cnc(-c3ccc(N4C(=O)[C@@H]5[C@H]6C=CC(C6)[C@@H]5C4=O)cc3)nc12. The van der Waals surface area contributed by atoms with Gasteiger partial charge in [-0.25, -0.2) is 9.97 Å². The van der Waals surface area contributed by atoms with Gasteiger partial charge in [0.15, 0.2) is 5.82 Å². The van der Waals surface area contributed by atoms with Gasteiger partial charge < -0.3 is 0 Å². The molecule has 2 aliphatic carbocycles. The lowest BCUT2D eigenvalue weighted by Gasteiger charge is -2.17. The fourth-order valence-electron chi connectivity index (χ4n) is 5.26. The first-order valence-electron chi connectivity index (χ1n) is 10.0. The highest BCUT2D eigenvalue weighted by molar-refractivity contribution is 6.22. The van der Waals surface area contributed by atoms with Crippen LogP contribution in [-0.2, 0) is 9.59 Å². The summed E-state index contributed by atoms with van der Waals surface area (Å²) < 4.78 is 0. The van der Waals surface area contributed by atoms with Gasteiger partial charge in [-0.1, -0.05) is 30.4 Å². The van der Waals surface area contributed by atoms with Gasteiger partial charge in [-0.05, 0) is 55.0 Å². The molecule has 2 fully saturated rings. The maximum atomic E-state index is 13.0. The molecule has 2 aromatic carbocycles. The number of aryl methyl sites for hydroxylation is 1. The first-order chi connectivity index (χ1) is 14.1. The van der Waals surface area contributed by atoms with Crippen LogP contribution >= 0.6 is 0 Å². The molecule has 1 saturated carbocycles. The number of allylic oxidation sites excluding steroid dienone is 2. The zero-order valence-electron chi connectivity index (χ0n) is 15.9. The van der Waals surface area contributed by atoms with Gasteiger partial charge in [0.1, 0.15) is 0 Å². The number of carbonyl (C=O) groups is 2. The number of hydrogen-bond donors (Lipinski definition) is 0. The van der Waals surface area contributed by atoms with Crippen molar-refractivity contribution in [3.8, 4) is 11.4 Å². The van der Waals surface area contributed by atoms with Crippen LogP contribution in [0.15, 0.2) is 60.8 Å². The normalized spacial score (nSPS) is 27.3. The molecule has 4 atom stereocenters. The number of nitrogens with zero attached hydrogens (tertiary/aromatic N) is 3. The van der Waals surface area contributed by atoms with Crippen molar-refractivity contribution in [1.82, 2.24) is 9.97 Å². The van der Waals surface area contributed by atoms with E-state index in [4.69, 9.17) is 4.98 Å². The number of imide groups is 1. The molecule has 142 valence electrons. The van der Waals surface area contributed by atoms with Crippen molar-refractivity contribution in [2.24, 2.45) is 23.7 Å². The van der Waals surface area contributed by atoms with Crippen LogP contribution in [0, 0.1) is 30.6 Å². The van der Waals surface area contributed by atoms with E-state index in [1.165, 1.54) is 4.90 Å². The zero-order chi connectivity index (χ0) is 19.7. The summed E-state index contributed by atoms with van der Waals surface area (Å²) in [5.74, 6) is 0.619. The van der Waals surface area contributed by atoms with Crippen LogP contribution in [0.5, 0.6) is 0 Å². The summed E-state index contributed by atoms with van der Waals surface area (Å²) in [6.07, 6.45) is 7.00. The zero-order valence-corrected chi connectivity index (χ0v) is 15.9. The molecular weight excluding hydrogens is 362 g/mol. The van der Waals surface area contributed by atoms with Crippen LogP contribution in [0.2, 0.25) is 0 Å². The van der Waals surface area contributed by atoms with E-state index in [-0.39, 0.29) is 35.5 Å². The van der Waals surface area contributed by atoms with Crippen LogP contribution in [-0.4, -0.2) is 21.8 Å². The van der Waals surface area contributed by atoms with Crippen molar-refractivity contribution < 1.29 is 9.59 Å². The lowest BCUT2D eigenvalue weighted by Crippen LogP contribution is -2.32. The molecule has 2 heterocycles. The van der Waals surface area contributed by atoms with Crippen molar-refractivity contribution in [2.45, 2.75) is 13.3 Å². The Kier molecular flexibility index (Phi) is 3.34. The Balaban J connectivity index is 1.33. The minimum atomic E-state index is -0.177. The molecule has 0 N–H and O–H groups in total. The summed E-state index contributed by atoms with van der Waals surface area (Å²) >= 11 is 0. The number of amides is 2. The van der Waals surface area contributed by atoms with Gasteiger partial charge in [0.2, 0.25) is 11.8 Å². The summed E-state index contributed by atoms with van der Waals surface area (Å²) in [6.45, 7) is 2.03. The number of carbonyl (C=O) groups excluding carboxylic acids is 2. The third-order valence-corrected chi connectivity index (χ3v) is 6.67. The Labute approximate surface area is 168 Å². The van der Waals surface area contributed by atoms with E-state index in [9.17, 15) is 9.59 Å². The van der Waals surface area contributed by atoms with E-state index in [0.717, 1.165) is 28.5 Å². The number of anilines is 1. The smallest absolute Gasteiger partial charge is 0.238 e. The molecule has 1 unspecified atom stereocenters. The topological polar surface area (TPSA) is 63.2 Å². The van der Waals surface area contributed by atoms with Crippen molar-refractivity contribution in [1.29, 1.82) is 0 Å². The molecule has 6 rings (SSSR count). The Morgan fingerprint density at radius 3 is 2.31 bits per heavy atom. The highest BCUT2D eigenvalue weighted by Crippen LogP contribution is 2.53. The highest BCUT2D eigenvalue weighted by atomic mass is 16.2. The molecule has 1 aliphatic heterocycles. The summed E-state index contributed by atoms with van der Waals surface area (Å²) in [4.78, 5) is 36.5. The maximum Gasteiger partial charge on any atom is 0.238 e. The second-order valence-electron chi connectivity index (χ2n) is 8.26. The molecule has 0 spiro atoms. The first-order valence-corrected chi connectivity index (χ1v) is 10.0. The second-order valence-corrected chi connectivity index (χ2v) is 8.26. The third-order valence-electron chi connectivity index (χ3n) is 6.67. The average molecular weight is 381 g/mol. The minimum absolute atomic E-state index is 0.0535. The van der Waals surface area contributed by atoms with Crippen molar-refractivity contribution in [2.75, 3.05) is 4.90 Å². The van der Waals surface area contributed by atoms with Crippen molar-refractivity contribution >= 4 is 28.4 Å². The Morgan fingerprint density at radius 1 is 0.931 bits per heavy atom. The quantitative estimate of drug-likeness (QED) is 0.499. The van der Waals surface area contributed by atoms with Gasteiger partial charge in [-0.2, -0.15) is 0 Å². The Hall–Kier alpha value is -3.34. The van der Waals surface area contributed by atoms with Gasteiger partial charge in [-0.3, -0.25) is 14.5 Å². The fraction of sp³-hybridized carbons (Fsp3) is 0.250. The Bertz CT molecular complexity index is 1180. The van der Waals surface area contributed by atoms with Crippen LogP contribution in [0.3, 0.4) is 0 Å². The lowest BCUT2D eigenvalue weighted by atomic mass is 9.85. The fourth-order valence-corrected chi connectivity index (χ4v) is 5.26. The van der Waals surface area contributed by atoms with Gasteiger partial charge in [0, 0.05) is 17.1 Å². The maximum absolute atomic E-state index is 13.0. The van der Waals surface area contributed by atoms with Gasteiger partial charge in [0.05, 0.1) is 23.0 Å². The van der Waals surface area contributed by atoms with Crippen molar-refractivity contribution in [3.63, 3.8) is 0 Å². The van der Waals surface area contributed by atoms with Gasteiger partial charge in [-0.15, -0.1) is 0 Å². The highest BCUT2D eigenvalue weighted by Gasteiger charge is 2.59. The number of hydrogen-bond acceptors (Lipinski definition) is 4. The Morgan fingerprint density at radius 2 is 1.62 bits per heavy atom. The van der Waals surface area contributed by atoms with E-state index in [1.54, 1.807) is 0 Å². The number of fused-ring (bicyclic) bond motifs is 6. The average Bonchev–Trinajstić information content (AvgIpc) is 3.42. The molecule has 5 nitrogen and oxygen atoms in total. The molecule has 2 amide bonds. The number of rotatable bonds is 2. The van der Waals surface area contributed by atoms with Gasteiger partial charge in [0.25, 0.3) is 0 Å². The van der Waals surface area contributed by atoms with E-state index in [2.05, 4.69) is 17.1 Å². The number of para-hydroxylation sites is 1. The van der Waals surface area contributed by atoms with E-state index >= 15 is 0 Å². The van der Waals surface area contributed by atoms with E-state index in [0.29, 0.717) is 11.5 Å². The predicted molar refractivity (Wildman–Crippen MR) is 110 cm³/mol. The van der Waals surface area contributed by atoms with Crippen LogP contribution in [0.4, 0.5) is 5.69 Å². The molecule has 1 saturated heterocycles.